The molecule has 0 atom stereocenters. The third-order valence-electron chi connectivity index (χ3n) is 3.80. The molecule has 0 aromatic heterocycles. The number of carbonyl (C=O) groups excluding carboxylic acids is 1. The quantitative estimate of drug-likeness (QED) is 0.623. The predicted molar refractivity (Wildman–Crippen MR) is 83.8 cm³/mol. The van der Waals surface area contributed by atoms with Crippen LogP contribution in [-0.4, -0.2) is 5.78 Å². The molecule has 2 aromatic carbocycles. The van der Waals surface area contributed by atoms with E-state index < -0.39 is 0 Å². The van der Waals surface area contributed by atoms with Crippen molar-refractivity contribution in [3.63, 3.8) is 0 Å². The van der Waals surface area contributed by atoms with Crippen LogP contribution in [0.25, 0.3) is 0 Å². The lowest BCUT2D eigenvalue weighted by atomic mass is 9.68. The summed E-state index contributed by atoms with van der Waals surface area (Å²) in [6, 6.07) is 11.8. The number of fused-ring (bicyclic) bond motifs is 2. The van der Waals surface area contributed by atoms with Crippen LogP contribution in [0.2, 0.25) is 0 Å². The molecule has 1 aliphatic carbocycles. The minimum absolute atomic E-state index is 0.115. The van der Waals surface area contributed by atoms with Crippen molar-refractivity contribution >= 4 is 37.6 Å². The Morgan fingerprint density at radius 3 is 1.68 bits per heavy atom. The van der Waals surface area contributed by atoms with Crippen LogP contribution in [0.4, 0.5) is 0 Å². The topological polar surface area (TPSA) is 17.1 Å². The van der Waals surface area contributed by atoms with Gasteiger partial charge >= 0.3 is 0 Å². The van der Waals surface area contributed by atoms with Crippen molar-refractivity contribution < 1.29 is 4.79 Å². The number of hydrogen-bond donors (Lipinski definition) is 0. The summed E-state index contributed by atoms with van der Waals surface area (Å²) in [7, 11) is 0. The van der Waals surface area contributed by atoms with Crippen molar-refractivity contribution in [3.05, 3.63) is 67.6 Å². The Hall–Kier alpha value is -0.930. The third-order valence-corrected chi connectivity index (χ3v) is 4.79. The molecule has 0 spiro atoms. The van der Waals surface area contributed by atoms with E-state index in [-0.39, 0.29) is 11.2 Å². The zero-order chi connectivity index (χ0) is 13.8. The largest absolute Gasteiger partial charge is 0.289 e. The Kier molecular flexibility index (Phi) is 2.95. The van der Waals surface area contributed by atoms with Crippen molar-refractivity contribution in [3.8, 4) is 0 Å². The first-order valence-corrected chi connectivity index (χ1v) is 7.64. The molecule has 0 saturated carbocycles. The van der Waals surface area contributed by atoms with Gasteiger partial charge < -0.3 is 0 Å². The van der Waals surface area contributed by atoms with Crippen LogP contribution in [0.3, 0.4) is 0 Å². The molecule has 0 N–H and O–H groups in total. The Labute approximate surface area is 129 Å². The Morgan fingerprint density at radius 2 is 1.26 bits per heavy atom. The molecule has 0 aliphatic heterocycles. The van der Waals surface area contributed by atoms with Gasteiger partial charge in [-0.2, -0.15) is 0 Å². The monoisotopic (exact) mass is 378 g/mol. The maximum atomic E-state index is 12.6. The van der Waals surface area contributed by atoms with Gasteiger partial charge in [0.15, 0.2) is 5.78 Å². The number of halogens is 2. The summed E-state index contributed by atoms with van der Waals surface area (Å²) < 4.78 is 2.01. The third kappa shape index (κ3) is 1.91. The van der Waals surface area contributed by atoms with Crippen molar-refractivity contribution in [1.82, 2.24) is 0 Å². The van der Waals surface area contributed by atoms with Crippen LogP contribution >= 0.6 is 31.9 Å². The van der Waals surface area contributed by atoms with Gasteiger partial charge in [0.1, 0.15) is 0 Å². The van der Waals surface area contributed by atoms with Gasteiger partial charge in [-0.15, -0.1) is 0 Å². The fourth-order valence-corrected chi connectivity index (χ4v) is 3.48. The minimum atomic E-state index is -0.174. The molecule has 0 saturated heterocycles. The molecule has 2 aromatic rings. The first kappa shape index (κ1) is 13.1. The molecule has 0 bridgehead atoms. The summed E-state index contributed by atoms with van der Waals surface area (Å²) >= 11 is 6.99. The summed E-state index contributed by atoms with van der Waals surface area (Å²) in [6.45, 7) is 4.33. The molecule has 1 aliphatic rings. The van der Waals surface area contributed by atoms with E-state index in [1.807, 2.05) is 24.3 Å². The number of hydrogen-bond acceptors (Lipinski definition) is 1. The van der Waals surface area contributed by atoms with Crippen LogP contribution in [0.15, 0.2) is 45.3 Å². The van der Waals surface area contributed by atoms with Crippen LogP contribution in [-0.2, 0) is 5.41 Å². The van der Waals surface area contributed by atoms with Gasteiger partial charge in [0, 0.05) is 25.5 Å². The molecular formula is C16H12Br2O. The van der Waals surface area contributed by atoms with E-state index >= 15 is 0 Å². The number of rotatable bonds is 0. The van der Waals surface area contributed by atoms with Gasteiger partial charge in [0.05, 0.1) is 0 Å². The molecule has 0 heterocycles. The molecule has 3 rings (SSSR count). The highest BCUT2D eigenvalue weighted by molar-refractivity contribution is 9.10. The van der Waals surface area contributed by atoms with E-state index in [4.69, 9.17) is 0 Å². The fraction of sp³-hybridized carbons (Fsp3) is 0.188. The molecule has 0 fully saturated rings. The van der Waals surface area contributed by atoms with E-state index in [1.54, 1.807) is 0 Å². The maximum absolute atomic E-state index is 12.6. The summed E-state index contributed by atoms with van der Waals surface area (Å²) in [4.78, 5) is 12.6. The molecule has 0 unspecified atom stereocenters. The zero-order valence-corrected chi connectivity index (χ0v) is 13.8. The molecular weight excluding hydrogens is 368 g/mol. The zero-order valence-electron chi connectivity index (χ0n) is 10.6. The van der Waals surface area contributed by atoms with Crippen molar-refractivity contribution in [1.29, 1.82) is 0 Å². The van der Waals surface area contributed by atoms with Gasteiger partial charge in [-0.25, -0.2) is 0 Å². The van der Waals surface area contributed by atoms with Gasteiger partial charge in [-0.05, 0) is 47.5 Å². The van der Waals surface area contributed by atoms with Gasteiger partial charge in [-0.1, -0.05) is 45.7 Å². The normalized spacial score (nSPS) is 15.9. The Balaban J connectivity index is 2.36. The Bertz CT molecular complexity index is 644. The number of benzene rings is 2. The fourth-order valence-electron chi connectivity index (χ4n) is 2.75. The van der Waals surface area contributed by atoms with Crippen LogP contribution < -0.4 is 0 Å². The smallest absolute Gasteiger partial charge is 0.193 e. The van der Waals surface area contributed by atoms with E-state index in [0.29, 0.717) is 0 Å². The van der Waals surface area contributed by atoms with E-state index in [0.717, 1.165) is 31.2 Å². The molecule has 0 amide bonds. The summed E-state index contributed by atoms with van der Waals surface area (Å²) in [6.07, 6.45) is 0. The van der Waals surface area contributed by atoms with E-state index in [2.05, 4.69) is 57.8 Å². The summed E-state index contributed by atoms with van der Waals surface area (Å²) in [5.41, 5.74) is 3.60. The van der Waals surface area contributed by atoms with E-state index in [1.165, 1.54) is 0 Å². The molecule has 96 valence electrons. The summed E-state index contributed by atoms with van der Waals surface area (Å²) in [5.74, 6) is 0.115. The second-order valence-electron chi connectivity index (χ2n) is 5.33. The molecule has 1 nitrogen and oxygen atoms in total. The van der Waals surface area contributed by atoms with Crippen molar-refractivity contribution in [2.24, 2.45) is 0 Å². The standard InChI is InChI=1S/C16H12Br2O/c1-16(2)13-7-9(17)3-5-11(13)15(19)12-6-4-10(18)8-14(12)16/h3-8H,1-2H3. The van der Waals surface area contributed by atoms with Gasteiger partial charge in [0.25, 0.3) is 0 Å². The minimum Gasteiger partial charge on any atom is -0.289 e. The highest BCUT2D eigenvalue weighted by Crippen LogP contribution is 2.42. The second-order valence-corrected chi connectivity index (χ2v) is 7.17. The summed E-state index contributed by atoms with van der Waals surface area (Å²) in [5, 5.41) is 0. The highest BCUT2D eigenvalue weighted by Gasteiger charge is 2.36. The van der Waals surface area contributed by atoms with Crippen LogP contribution in [0, 0.1) is 0 Å². The van der Waals surface area contributed by atoms with Gasteiger partial charge in [-0.3, -0.25) is 4.79 Å². The van der Waals surface area contributed by atoms with Crippen molar-refractivity contribution in [2.75, 3.05) is 0 Å². The average Bonchev–Trinajstić information content (AvgIpc) is 2.36. The van der Waals surface area contributed by atoms with Crippen LogP contribution in [0.1, 0.15) is 40.9 Å². The number of ketones is 1. The van der Waals surface area contributed by atoms with Gasteiger partial charge in [0.2, 0.25) is 0 Å². The first-order chi connectivity index (χ1) is 8.91. The lowest BCUT2D eigenvalue weighted by Gasteiger charge is -2.34. The maximum Gasteiger partial charge on any atom is 0.193 e. The SMILES string of the molecule is CC1(C)c2cc(Br)ccc2C(=O)c2ccc(Br)cc21. The van der Waals surface area contributed by atoms with Crippen molar-refractivity contribution in [2.45, 2.75) is 19.3 Å². The highest BCUT2D eigenvalue weighted by atomic mass is 79.9. The second kappa shape index (κ2) is 4.29. The first-order valence-electron chi connectivity index (χ1n) is 6.06. The van der Waals surface area contributed by atoms with Crippen LogP contribution in [0.5, 0.6) is 0 Å². The van der Waals surface area contributed by atoms with E-state index in [9.17, 15) is 4.79 Å². The lowest BCUT2D eigenvalue weighted by molar-refractivity contribution is 0.103. The molecule has 0 radical (unpaired) electrons. The molecule has 19 heavy (non-hydrogen) atoms. The number of carbonyl (C=O) groups is 1. The Morgan fingerprint density at radius 1 is 0.842 bits per heavy atom. The lowest BCUT2D eigenvalue weighted by Crippen LogP contribution is -2.30. The average molecular weight is 380 g/mol. The molecule has 3 heteroatoms. The predicted octanol–water partition coefficient (Wildman–Crippen LogP) is 5.08.